The smallest absolute Gasteiger partial charge is 0.321 e. The molecule has 0 spiro atoms. The molecule has 2 aromatic rings. The molecule has 0 radical (unpaired) electrons. The highest BCUT2D eigenvalue weighted by Gasteiger charge is 2.32. The number of carbonyl (C=O) groups is 2. The molecule has 2 aromatic heterocycles. The fourth-order valence-electron chi connectivity index (χ4n) is 3.31. The van der Waals surface area contributed by atoms with E-state index in [1.165, 1.54) is 11.8 Å². The van der Waals surface area contributed by atoms with Crippen molar-refractivity contribution in [2.45, 2.75) is 67.9 Å². The van der Waals surface area contributed by atoms with Crippen molar-refractivity contribution >= 4 is 35.0 Å². The summed E-state index contributed by atoms with van der Waals surface area (Å²) in [5.74, 6) is 0.556. The van der Waals surface area contributed by atoms with Gasteiger partial charge in [-0.2, -0.15) is 0 Å². The lowest BCUT2D eigenvalue weighted by atomic mass is 10.2. The summed E-state index contributed by atoms with van der Waals surface area (Å²) in [6.07, 6.45) is 6.45. The van der Waals surface area contributed by atoms with Crippen LogP contribution in [0.2, 0.25) is 0 Å². The normalized spacial score (nSPS) is 18.4. The average molecular weight is 406 g/mol. The van der Waals surface area contributed by atoms with Gasteiger partial charge in [0.25, 0.3) is 0 Å². The third-order valence-corrected chi connectivity index (χ3v) is 6.82. The lowest BCUT2D eigenvalue weighted by Crippen LogP contribution is -2.45. The van der Waals surface area contributed by atoms with Crippen LogP contribution in [0.1, 0.15) is 51.5 Å². The molecule has 2 heterocycles. The number of urea groups is 1. The predicted molar refractivity (Wildman–Crippen MR) is 106 cm³/mol. The second kappa shape index (κ2) is 8.02. The van der Waals surface area contributed by atoms with Gasteiger partial charge in [0.1, 0.15) is 0 Å². The van der Waals surface area contributed by atoms with Crippen LogP contribution in [-0.4, -0.2) is 38.0 Å². The minimum atomic E-state index is -0.433. The Bertz CT molecular complexity index is 810. The van der Waals surface area contributed by atoms with Crippen molar-refractivity contribution in [2.75, 3.05) is 0 Å². The van der Waals surface area contributed by atoms with Crippen LogP contribution in [0.4, 0.5) is 4.79 Å². The molecular formula is C18H23N5O2S2. The molecule has 0 saturated heterocycles. The van der Waals surface area contributed by atoms with Crippen molar-refractivity contribution in [2.24, 2.45) is 0 Å². The molecular weight excluding hydrogens is 382 g/mol. The number of nitrogens with zero attached hydrogens (tertiary/aromatic N) is 3. The van der Waals surface area contributed by atoms with E-state index in [1.54, 1.807) is 18.3 Å². The predicted octanol–water partition coefficient (Wildman–Crippen LogP) is 3.59. The number of thiophene rings is 1. The van der Waals surface area contributed by atoms with Gasteiger partial charge in [-0.05, 0) is 44.1 Å². The number of carbonyl (C=O) groups excluding carboxylic acids is 2. The van der Waals surface area contributed by atoms with Crippen molar-refractivity contribution < 1.29 is 9.59 Å². The molecule has 0 unspecified atom stereocenters. The van der Waals surface area contributed by atoms with Gasteiger partial charge in [-0.1, -0.05) is 30.7 Å². The van der Waals surface area contributed by atoms with Crippen LogP contribution < -0.4 is 10.6 Å². The SMILES string of the molecule is C[C@@H](Sc1nnc(-c2cccs2)n1C1CC1)C(=O)NC(=O)NC1CCCC1. The fourth-order valence-corrected chi connectivity index (χ4v) is 4.93. The van der Waals surface area contributed by atoms with Gasteiger partial charge in [0.05, 0.1) is 10.1 Å². The van der Waals surface area contributed by atoms with Gasteiger partial charge in [0, 0.05) is 12.1 Å². The summed E-state index contributed by atoms with van der Waals surface area (Å²) in [5.41, 5.74) is 0. The van der Waals surface area contributed by atoms with Gasteiger partial charge in [0.15, 0.2) is 11.0 Å². The highest BCUT2D eigenvalue weighted by molar-refractivity contribution is 8.00. The van der Waals surface area contributed by atoms with Gasteiger partial charge < -0.3 is 5.32 Å². The highest BCUT2D eigenvalue weighted by Crippen LogP contribution is 2.42. The molecule has 4 rings (SSSR count). The number of hydrogen-bond acceptors (Lipinski definition) is 6. The number of rotatable bonds is 6. The molecule has 2 aliphatic carbocycles. The topological polar surface area (TPSA) is 88.9 Å². The van der Waals surface area contributed by atoms with E-state index in [-0.39, 0.29) is 11.9 Å². The summed E-state index contributed by atoms with van der Waals surface area (Å²) in [5, 5.41) is 16.3. The lowest BCUT2D eigenvalue weighted by Gasteiger charge is -2.15. The van der Waals surface area contributed by atoms with Gasteiger partial charge in [-0.25, -0.2) is 4.79 Å². The molecule has 7 nitrogen and oxygen atoms in total. The van der Waals surface area contributed by atoms with Crippen LogP contribution in [0.3, 0.4) is 0 Å². The zero-order chi connectivity index (χ0) is 18.8. The van der Waals surface area contributed by atoms with Crippen molar-refractivity contribution in [3.8, 4) is 10.7 Å². The first-order chi connectivity index (χ1) is 13.1. The van der Waals surface area contributed by atoms with E-state index >= 15 is 0 Å². The Morgan fingerprint density at radius 3 is 2.70 bits per heavy atom. The van der Waals surface area contributed by atoms with E-state index in [1.807, 2.05) is 17.5 Å². The van der Waals surface area contributed by atoms with Crippen molar-refractivity contribution in [3.05, 3.63) is 17.5 Å². The Morgan fingerprint density at radius 2 is 2.04 bits per heavy atom. The number of imide groups is 1. The minimum absolute atomic E-state index is 0.187. The molecule has 0 aromatic carbocycles. The second-order valence-corrected chi connectivity index (χ2v) is 9.34. The van der Waals surface area contributed by atoms with Gasteiger partial charge in [0.2, 0.25) is 5.91 Å². The van der Waals surface area contributed by atoms with E-state index in [0.717, 1.165) is 54.4 Å². The van der Waals surface area contributed by atoms with Crippen LogP contribution in [0.5, 0.6) is 0 Å². The molecule has 2 saturated carbocycles. The summed E-state index contributed by atoms with van der Waals surface area (Å²) < 4.78 is 2.14. The first-order valence-electron chi connectivity index (χ1n) is 9.38. The molecule has 27 heavy (non-hydrogen) atoms. The largest absolute Gasteiger partial charge is 0.335 e. The number of aromatic nitrogens is 3. The van der Waals surface area contributed by atoms with E-state index in [4.69, 9.17) is 0 Å². The molecule has 1 atom stereocenters. The molecule has 2 N–H and O–H groups in total. The quantitative estimate of drug-likeness (QED) is 0.717. The first kappa shape index (κ1) is 18.5. The van der Waals surface area contributed by atoms with Gasteiger partial charge in [-0.3, -0.25) is 14.7 Å². The Hall–Kier alpha value is -1.87. The summed E-state index contributed by atoms with van der Waals surface area (Å²) in [6.45, 7) is 1.79. The minimum Gasteiger partial charge on any atom is -0.335 e. The molecule has 0 bridgehead atoms. The van der Waals surface area contributed by atoms with Crippen LogP contribution in [0, 0.1) is 0 Å². The van der Waals surface area contributed by atoms with Crippen LogP contribution in [-0.2, 0) is 4.79 Å². The lowest BCUT2D eigenvalue weighted by molar-refractivity contribution is -0.119. The fraction of sp³-hybridized carbons (Fsp3) is 0.556. The summed E-state index contributed by atoms with van der Waals surface area (Å²) >= 11 is 2.98. The number of nitrogens with one attached hydrogen (secondary N) is 2. The number of thioether (sulfide) groups is 1. The van der Waals surface area contributed by atoms with Crippen LogP contribution in [0.15, 0.2) is 22.7 Å². The zero-order valence-electron chi connectivity index (χ0n) is 15.2. The van der Waals surface area contributed by atoms with E-state index in [0.29, 0.717) is 6.04 Å². The summed E-state index contributed by atoms with van der Waals surface area (Å²) in [7, 11) is 0. The number of amides is 3. The van der Waals surface area contributed by atoms with Crippen LogP contribution in [0.25, 0.3) is 10.7 Å². The maximum absolute atomic E-state index is 12.4. The maximum Gasteiger partial charge on any atom is 0.321 e. The van der Waals surface area contributed by atoms with E-state index < -0.39 is 11.3 Å². The highest BCUT2D eigenvalue weighted by atomic mass is 32.2. The Labute approximate surface area is 166 Å². The molecule has 144 valence electrons. The van der Waals surface area contributed by atoms with Crippen molar-refractivity contribution in [1.82, 2.24) is 25.4 Å². The molecule has 2 fully saturated rings. The Morgan fingerprint density at radius 1 is 1.26 bits per heavy atom. The Balaban J connectivity index is 1.39. The van der Waals surface area contributed by atoms with Gasteiger partial charge >= 0.3 is 6.03 Å². The molecule has 0 aliphatic heterocycles. The summed E-state index contributed by atoms with van der Waals surface area (Å²) in [4.78, 5) is 25.5. The van der Waals surface area contributed by atoms with Gasteiger partial charge in [-0.15, -0.1) is 21.5 Å². The number of hydrogen-bond donors (Lipinski definition) is 2. The first-order valence-corrected chi connectivity index (χ1v) is 11.1. The standard InChI is InChI=1S/C18H23N5O2S2/c1-11(16(24)20-17(25)19-12-5-2-3-6-12)27-18-22-21-15(14-7-4-10-26-14)23(18)13-8-9-13/h4,7,10-13H,2-3,5-6,8-9H2,1H3,(H2,19,20,24,25)/t11-/m1/s1. The average Bonchev–Trinajstić information content (AvgIpc) is 3.07. The maximum atomic E-state index is 12.4. The molecule has 9 heteroatoms. The third kappa shape index (κ3) is 4.35. The van der Waals surface area contributed by atoms with E-state index in [2.05, 4.69) is 25.4 Å². The van der Waals surface area contributed by atoms with Crippen molar-refractivity contribution in [1.29, 1.82) is 0 Å². The monoisotopic (exact) mass is 405 g/mol. The zero-order valence-corrected chi connectivity index (χ0v) is 16.8. The molecule has 3 amide bonds. The van der Waals surface area contributed by atoms with Crippen molar-refractivity contribution in [3.63, 3.8) is 0 Å². The third-order valence-electron chi connectivity index (χ3n) is 4.90. The van der Waals surface area contributed by atoms with Crippen LogP contribution >= 0.6 is 23.1 Å². The molecule has 2 aliphatic rings. The van der Waals surface area contributed by atoms with E-state index in [9.17, 15) is 9.59 Å². The second-order valence-electron chi connectivity index (χ2n) is 7.09. The summed E-state index contributed by atoms with van der Waals surface area (Å²) in [6, 6.07) is 4.22. The Kier molecular flexibility index (Phi) is 5.49.